The summed E-state index contributed by atoms with van der Waals surface area (Å²) < 4.78 is 27.4. The van der Waals surface area contributed by atoms with Crippen LogP contribution >= 0.6 is 0 Å². The van der Waals surface area contributed by atoms with Crippen LogP contribution in [0, 0.1) is 11.8 Å². The summed E-state index contributed by atoms with van der Waals surface area (Å²) in [4.78, 5) is 36.9. The maximum atomic E-state index is 12.6. The molecule has 1 saturated heterocycles. The monoisotopic (exact) mass is 468 g/mol. The number of carbonyl (C=O) groups is 3. The standard InChI is InChI=1S/C24H36O9/c1-15-12-18(13-22-30-10-11-31-22)23(28)24(29-4)20(33-17(3)25)14-21(27)32-16(2)8-6-5-7-9-19(15)26/h5-7,9,15-16,18,20,22-24,28H,8,10-14H2,1-4H3/b6-5+,9-7+. The largest absolute Gasteiger partial charge is 0.462 e. The number of ether oxygens (including phenoxy) is 5. The molecule has 2 aliphatic rings. The summed E-state index contributed by atoms with van der Waals surface area (Å²) in [6.07, 6.45) is 3.32. The van der Waals surface area contributed by atoms with Gasteiger partial charge in [-0.15, -0.1) is 0 Å². The lowest BCUT2D eigenvalue weighted by Crippen LogP contribution is -2.47. The van der Waals surface area contributed by atoms with E-state index in [0.29, 0.717) is 32.5 Å². The van der Waals surface area contributed by atoms with Gasteiger partial charge in [-0.1, -0.05) is 25.2 Å². The zero-order chi connectivity index (χ0) is 24.4. The van der Waals surface area contributed by atoms with Gasteiger partial charge in [0.25, 0.3) is 0 Å². The average molecular weight is 469 g/mol. The molecule has 0 aliphatic carbocycles. The van der Waals surface area contributed by atoms with Gasteiger partial charge in [0, 0.05) is 32.8 Å². The fourth-order valence-corrected chi connectivity index (χ4v) is 4.10. The van der Waals surface area contributed by atoms with E-state index in [9.17, 15) is 19.5 Å². The number of carbonyl (C=O) groups excluding carboxylic acids is 3. The molecule has 6 atom stereocenters. The molecule has 9 nitrogen and oxygen atoms in total. The maximum Gasteiger partial charge on any atom is 0.309 e. The van der Waals surface area contributed by atoms with Crippen LogP contribution in [0.3, 0.4) is 0 Å². The molecule has 0 bridgehead atoms. The molecule has 0 radical (unpaired) electrons. The summed E-state index contributed by atoms with van der Waals surface area (Å²) in [5.41, 5.74) is 0. The van der Waals surface area contributed by atoms with Crippen LogP contribution in [0.1, 0.15) is 46.5 Å². The van der Waals surface area contributed by atoms with Crippen LogP contribution in [0.25, 0.3) is 0 Å². The Kier molecular flexibility index (Phi) is 11.2. The molecule has 186 valence electrons. The van der Waals surface area contributed by atoms with Gasteiger partial charge in [0.15, 0.2) is 12.1 Å². The SMILES string of the molecule is COC1C(OC(C)=O)CC(=O)OC(C)C/C=C/C=C/C(=O)C(C)CC(CC2OCCO2)C1O. The van der Waals surface area contributed by atoms with E-state index < -0.39 is 54.5 Å². The number of ketones is 1. The van der Waals surface area contributed by atoms with E-state index in [-0.39, 0.29) is 12.2 Å². The van der Waals surface area contributed by atoms with Crippen molar-refractivity contribution < 1.29 is 43.2 Å². The fraction of sp³-hybridized carbons (Fsp3) is 0.708. The predicted molar refractivity (Wildman–Crippen MR) is 118 cm³/mol. The molecule has 33 heavy (non-hydrogen) atoms. The lowest BCUT2D eigenvalue weighted by Gasteiger charge is -2.35. The van der Waals surface area contributed by atoms with E-state index in [1.807, 2.05) is 0 Å². The Hall–Kier alpha value is -2.07. The van der Waals surface area contributed by atoms with Crippen molar-refractivity contribution in [3.63, 3.8) is 0 Å². The molecule has 2 aliphatic heterocycles. The molecule has 0 aromatic heterocycles. The number of hydrogen-bond donors (Lipinski definition) is 1. The van der Waals surface area contributed by atoms with Gasteiger partial charge in [0.05, 0.1) is 25.7 Å². The molecule has 0 saturated carbocycles. The molecule has 1 N–H and O–H groups in total. The summed E-state index contributed by atoms with van der Waals surface area (Å²) in [5.74, 6) is -2.14. The van der Waals surface area contributed by atoms with Crippen LogP contribution in [0.4, 0.5) is 0 Å². The first kappa shape index (κ1) is 27.2. The smallest absolute Gasteiger partial charge is 0.309 e. The van der Waals surface area contributed by atoms with Crippen molar-refractivity contribution in [3.8, 4) is 0 Å². The van der Waals surface area contributed by atoms with Gasteiger partial charge in [-0.3, -0.25) is 14.4 Å². The minimum atomic E-state index is -1.16. The van der Waals surface area contributed by atoms with Gasteiger partial charge in [0.2, 0.25) is 0 Å². The van der Waals surface area contributed by atoms with Gasteiger partial charge < -0.3 is 28.8 Å². The highest BCUT2D eigenvalue weighted by Gasteiger charge is 2.40. The molecule has 9 heteroatoms. The Morgan fingerprint density at radius 2 is 1.88 bits per heavy atom. The Labute approximate surface area is 195 Å². The Morgan fingerprint density at radius 3 is 2.52 bits per heavy atom. The highest BCUT2D eigenvalue weighted by Crippen LogP contribution is 2.30. The topological polar surface area (TPSA) is 118 Å². The van der Waals surface area contributed by atoms with E-state index in [2.05, 4.69) is 0 Å². The lowest BCUT2D eigenvalue weighted by molar-refractivity contribution is -0.173. The van der Waals surface area contributed by atoms with Crippen molar-refractivity contribution in [2.75, 3.05) is 20.3 Å². The van der Waals surface area contributed by atoms with Crippen molar-refractivity contribution in [1.82, 2.24) is 0 Å². The summed E-state index contributed by atoms with van der Waals surface area (Å²) in [7, 11) is 1.37. The third-order valence-electron chi connectivity index (χ3n) is 5.78. The molecular weight excluding hydrogens is 432 g/mol. The first-order valence-electron chi connectivity index (χ1n) is 11.4. The molecule has 2 rings (SSSR count). The van der Waals surface area contributed by atoms with Crippen molar-refractivity contribution in [3.05, 3.63) is 24.3 Å². The fourth-order valence-electron chi connectivity index (χ4n) is 4.10. The number of aliphatic hydroxyl groups excluding tert-OH is 1. The van der Waals surface area contributed by atoms with Crippen LogP contribution in [-0.4, -0.2) is 73.9 Å². The van der Waals surface area contributed by atoms with Gasteiger partial charge in [0.1, 0.15) is 18.3 Å². The predicted octanol–water partition coefficient (Wildman–Crippen LogP) is 2.11. The minimum absolute atomic E-state index is 0.0813. The van der Waals surface area contributed by atoms with E-state index in [0.717, 1.165) is 0 Å². The highest BCUT2D eigenvalue weighted by atomic mass is 16.7. The number of aliphatic hydroxyl groups is 1. The summed E-state index contributed by atoms with van der Waals surface area (Å²) in [5, 5.41) is 11.3. The second-order valence-electron chi connectivity index (χ2n) is 8.57. The zero-order valence-electron chi connectivity index (χ0n) is 19.8. The van der Waals surface area contributed by atoms with Gasteiger partial charge in [-0.25, -0.2) is 0 Å². The summed E-state index contributed by atoms with van der Waals surface area (Å²) >= 11 is 0. The molecule has 0 amide bonds. The maximum absolute atomic E-state index is 12.6. The molecular formula is C24H36O9. The van der Waals surface area contributed by atoms with Crippen molar-refractivity contribution in [2.45, 2.75) is 77.2 Å². The minimum Gasteiger partial charge on any atom is -0.462 e. The Morgan fingerprint density at radius 1 is 1.18 bits per heavy atom. The Bertz CT molecular complexity index is 711. The number of allylic oxidation sites excluding steroid dienone is 3. The molecule has 0 aromatic carbocycles. The third kappa shape index (κ3) is 9.00. The number of rotatable bonds is 4. The molecule has 6 unspecified atom stereocenters. The number of cyclic esters (lactones) is 1. The molecule has 2 heterocycles. The van der Waals surface area contributed by atoms with Crippen molar-refractivity contribution >= 4 is 17.7 Å². The summed E-state index contributed by atoms with van der Waals surface area (Å²) in [6, 6.07) is 0. The van der Waals surface area contributed by atoms with E-state index >= 15 is 0 Å². The number of hydrogen-bond acceptors (Lipinski definition) is 9. The van der Waals surface area contributed by atoms with Crippen LogP contribution in [0.5, 0.6) is 0 Å². The second kappa shape index (κ2) is 13.6. The molecule has 1 fully saturated rings. The van der Waals surface area contributed by atoms with Crippen LogP contribution in [0.15, 0.2) is 24.3 Å². The van der Waals surface area contributed by atoms with Crippen molar-refractivity contribution in [1.29, 1.82) is 0 Å². The number of esters is 2. The first-order chi connectivity index (χ1) is 15.7. The first-order valence-corrected chi connectivity index (χ1v) is 11.4. The quantitative estimate of drug-likeness (QED) is 0.619. The van der Waals surface area contributed by atoms with E-state index in [1.54, 1.807) is 32.1 Å². The van der Waals surface area contributed by atoms with E-state index in [4.69, 9.17) is 23.7 Å². The van der Waals surface area contributed by atoms with Gasteiger partial charge in [-0.05, 0) is 25.3 Å². The lowest BCUT2D eigenvalue weighted by atomic mass is 9.82. The normalized spacial score (nSPS) is 35.1. The third-order valence-corrected chi connectivity index (χ3v) is 5.78. The van der Waals surface area contributed by atoms with E-state index in [1.165, 1.54) is 20.1 Å². The average Bonchev–Trinajstić information content (AvgIpc) is 3.25. The van der Waals surface area contributed by atoms with Crippen LogP contribution in [0.2, 0.25) is 0 Å². The zero-order valence-corrected chi connectivity index (χ0v) is 19.8. The number of methoxy groups -OCH3 is 1. The molecule has 0 aromatic rings. The molecule has 0 spiro atoms. The van der Waals surface area contributed by atoms with Gasteiger partial charge >= 0.3 is 11.9 Å². The summed E-state index contributed by atoms with van der Waals surface area (Å²) in [6.45, 7) is 5.65. The van der Waals surface area contributed by atoms with Crippen LogP contribution < -0.4 is 0 Å². The van der Waals surface area contributed by atoms with Crippen molar-refractivity contribution in [2.24, 2.45) is 11.8 Å². The Balaban J connectivity index is 2.35. The highest BCUT2D eigenvalue weighted by molar-refractivity contribution is 5.91. The van der Waals surface area contributed by atoms with Gasteiger partial charge in [-0.2, -0.15) is 0 Å². The van der Waals surface area contributed by atoms with Crippen LogP contribution in [-0.2, 0) is 38.1 Å². The second-order valence-corrected chi connectivity index (χ2v) is 8.57.